The molecule has 1 aromatic carbocycles. The number of aryl methyl sites for hydroxylation is 1. The number of rotatable bonds is 5. The third-order valence-electron chi connectivity index (χ3n) is 2.98. The van der Waals surface area contributed by atoms with Crippen LogP contribution >= 0.6 is 0 Å². The summed E-state index contributed by atoms with van der Waals surface area (Å²) in [7, 11) is 0. The number of aliphatic hydroxyl groups is 1. The summed E-state index contributed by atoms with van der Waals surface area (Å²) in [5.74, 6) is 0.914. The topological polar surface area (TPSA) is 29.5 Å². The largest absolute Gasteiger partial charge is 0.494 e. The van der Waals surface area contributed by atoms with Crippen molar-refractivity contribution < 1.29 is 9.84 Å². The zero-order chi connectivity index (χ0) is 11.4. The summed E-state index contributed by atoms with van der Waals surface area (Å²) in [6.45, 7) is 4.41. The van der Waals surface area contributed by atoms with Gasteiger partial charge in [-0.15, -0.1) is 6.58 Å². The molecule has 0 amide bonds. The van der Waals surface area contributed by atoms with Crippen molar-refractivity contribution in [1.29, 1.82) is 0 Å². The normalized spacial score (nSPS) is 18.2. The second-order valence-electron chi connectivity index (χ2n) is 4.19. The molecule has 1 N–H and O–H groups in total. The number of hydrogen-bond donors (Lipinski definition) is 1. The minimum absolute atomic E-state index is 0.273. The zero-order valence-electron chi connectivity index (χ0n) is 9.48. The lowest BCUT2D eigenvalue weighted by molar-refractivity contribution is 0.180. The number of hydrogen-bond acceptors (Lipinski definition) is 2. The SMILES string of the molecule is C=CCCCOc1ccc2c(c1)CC[C@@H]2O. The Morgan fingerprint density at radius 3 is 3.19 bits per heavy atom. The maximum atomic E-state index is 9.67. The van der Waals surface area contributed by atoms with Gasteiger partial charge in [0.15, 0.2) is 0 Å². The lowest BCUT2D eigenvalue weighted by Gasteiger charge is -2.08. The standard InChI is InChI=1S/C14H18O2/c1-2-3-4-9-16-12-6-7-13-11(10-12)5-8-14(13)15/h2,6-7,10,14-15H,1,3-5,8-9H2/t14-/m0/s1. The summed E-state index contributed by atoms with van der Waals surface area (Å²) in [6, 6.07) is 5.98. The molecule has 2 heteroatoms. The highest BCUT2D eigenvalue weighted by molar-refractivity contribution is 5.39. The average molecular weight is 218 g/mol. The van der Waals surface area contributed by atoms with Crippen molar-refractivity contribution in [1.82, 2.24) is 0 Å². The molecule has 0 unspecified atom stereocenters. The van der Waals surface area contributed by atoms with Gasteiger partial charge >= 0.3 is 0 Å². The molecule has 16 heavy (non-hydrogen) atoms. The molecule has 0 fully saturated rings. The van der Waals surface area contributed by atoms with Crippen molar-refractivity contribution in [3.63, 3.8) is 0 Å². The van der Waals surface area contributed by atoms with Crippen LogP contribution in [0.2, 0.25) is 0 Å². The predicted octanol–water partition coefficient (Wildman–Crippen LogP) is 3.01. The van der Waals surface area contributed by atoms with E-state index < -0.39 is 0 Å². The van der Waals surface area contributed by atoms with E-state index in [-0.39, 0.29) is 6.10 Å². The Bertz CT molecular complexity index is 371. The molecule has 0 saturated heterocycles. The monoisotopic (exact) mass is 218 g/mol. The molecular weight excluding hydrogens is 200 g/mol. The maximum absolute atomic E-state index is 9.67. The minimum Gasteiger partial charge on any atom is -0.494 e. The summed E-state index contributed by atoms with van der Waals surface area (Å²) in [6.07, 6.45) is 5.43. The third-order valence-corrected chi connectivity index (χ3v) is 2.98. The predicted molar refractivity (Wildman–Crippen MR) is 64.6 cm³/mol. The first-order valence-corrected chi connectivity index (χ1v) is 5.86. The molecule has 86 valence electrons. The molecule has 0 heterocycles. The van der Waals surface area contributed by atoms with E-state index in [4.69, 9.17) is 4.74 Å². The Morgan fingerprint density at radius 1 is 1.50 bits per heavy atom. The second kappa shape index (κ2) is 5.17. The zero-order valence-corrected chi connectivity index (χ0v) is 9.48. The Morgan fingerprint density at radius 2 is 2.38 bits per heavy atom. The van der Waals surface area contributed by atoms with Crippen LogP contribution in [0.4, 0.5) is 0 Å². The van der Waals surface area contributed by atoms with Gasteiger partial charge in [-0.25, -0.2) is 0 Å². The molecule has 1 aromatic rings. The number of fused-ring (bicyclic) bond motifs is 1. The minimum atomic E-state index is -0.273. The highest BCUT2D eigenvalue weighted by atomic mass is 16.5. The summed E-state index contributed by atoms with van der Waals surface area (Å²) in [5, 5.41) is 9.67. The number of ether oxygens (including phenoxy) is 1. The molecule has 1 aliphatic rings. The van der Waals surface area contributed by atoms with Crippen molar-refractivity contribution in [2.75, 3.05) is 6.61 Å². The van der Waals surface area contributed by atoms with Gasteiger partial charge in [0.2, 0.25) is 0 Å². The number of benzene rings is 1. The fourth-order valence-electron chi connectivity index (χ4n) is 2.08. The quantitative estimate of drug-likeness (QED) is 0.608. The van der Waals surface area contributed by atoms with Crippen LogP contribution in [-0.2, 0) is 6.42 Å². The van der Waals surface area contributed by atoms with Crippen LogP contribution < -0.4 is 4.74 Å². The maximum Gasteiger partial charge on any atom is 0.119 e. The smallest absolute Gasteiger partial charge is 0.119 e. The van der Waals surface area contributed by atoms with Gasteiger partial charge in [-0.1, -0.05) is 12.1 Å². The van der Waals surface area contributed by atoms with Gasteiger partial charge in [-0.05, 0) is 48.9 Å². The molecule has 0 saturated carbocycles. The first-order chi connectivity index (χ1) is 7.81. The Balaban J connectivity index is 1.94. The molecule has 1 aliphatic carbocycles. The van der Waals surface area contributed by atoms with Crippen LogP contribution in [0.15, 0.2) is 30.9 Å². The molecule has 2 nitrogen and oxygen atoms in total. The van der Waals surface area contributed by atoms with Crippen LogP contribution in [0.5, 0.6) is 5.75 Å². The van der Waals surface area contributed by atoms with Crippen molar-refractivity contribution in [3.05, 3.63) is 42.0 Å². The number of aliphatic hydroxyl groups excluding tert-OH is 1. The van der Waals surface area contributed by atoms with Crippen LogP contribution in [0, 0.1) is 0 Å². The number of unbranched alkanes of at least 4 members (excludes halogenated alkanes) is 1. The van der Waals surface area contributed by atoms with Gasteiger partial charge in [0, 0.05) is 0 Å². The fraction of sp³-hybridized carbons (Fsp3) is 0.429. The third kappa shape index (κ3) is 2.45. The van der Waals surface area contributed by atoms with E-state index in [0.29, 0.717) is 0 Å². The van der Waals surface area contributed by atoms with Crippen molar-refractivity contribution in [2.45, 2.75) is 31.8 Å². The Labute approximate surface area is 96.6 Å². The van der Waals surface area contributed by atoms with E-state index in [2.05, 4.69) is 12.6 Å². The van der Waals surface area contributed by atoms with E-state index in [1.807, 2.05) is 18.2 Å². The Hall–Kier alpha value is -1.28. The van der Waals surface area contributed by atoms with E-state index >= 15 is 0 Å². The molecule has 1 atom stereocenters. The molecule has 0 bridgehead atoms. The van der Waals surface area contributed by atoms with Crippen molar-refractivity contribution >= 4 is 0 Å². The molecular formula is C14H18O2. The summed E-state index contributed by atoms with van der Waals surface area (Å²) < 4.78 is 5.64. The number of allylic oxidation sites excluding steroid dienone is 1. The highest BCUT2D eigenvalue weighted by Gasteiger charge is 2.20. The van der Waals surface area contributed by atoms with Gasteiger partial charge in [0.05, 0.1) is 12.7 Å². The first kappa shape index (κ1) is 11.2. The Kier molecular flexibility index (Phi) is 3.62. The van der Waals surface area contributed by atoms with Crippen LogP contribution in [0.25, 0.3) is 0 Å². The average Bonchev–Trinajstić information content (AvgIpc) is 2.66. The summed E-state index contributed by atoms with van der Waals surface area (Å²) in [4.78, 5) is 0. The van der Waals surface area contributed by atoms with Gasteiger partial charge < -0.3 is 9.84 Å². The van der Waals surface area contributed by atoms with Crippen molar-refractivity contribution in [2.24, 2.45) is 0 Å². The van der Waals surface area contributed by atoms with Gasteiger partial charge in [0.1, 0.15) is 5.75 Å². The first-order valence-electron chi connectivity index (χ1n) is 5.86. The molecule has 0 aliphatic heterocycles. The van der Waals surface area contributed by atoms with E-state index in [9.17, 15) is 5.11 Å². The second-order valence-corrected chi connectivity index (χ2v) is 4.19. The summed E-state index contributed by atoms with van der Waals surface area (Å²) in [5.41, 5.74) is 2.30. The molecule has 2 rings (SSSR count). The lowest BCUT2D eigenvalue weighted by Crippen LogP contribution is -1.97. The van der Waals surface area contributed by atoms with Crippen LogP contribution in [0.1, 0.15) is 36.5 Å². The van der Waals surface area contributed by atoms with E-state index in [0.717, 1.165) is 43.6 Å². The van der Waals surface area contributed by atoms with Crippen LogP contribution in [0.3, 0.4) is 0 Å². The molecule has 0 aromatic heterocycles. The van der Waals surface area contributed by atoms with Gasteiger partial charge in [-0.2, -0.15) is 0 Å². The fourth-order valence-corrected chi connectivity index (χ4v) is 2.08. The molecule has 0 radical (unpaired) electrons. The van der Waals surface area contributed by atoms with Crippen LogP contribution in [-0.4, -0.2) is 11.7 Å². The molecule has 0 spiro atoms. The lowest BCUT2D eigenvalue weighted by atomic mass is 10.1. The van der Waals surface area contributed by atoms with Crippen molar-refractivity contribution in [3.8, 4) is 5.75 Å². The van der Waals surface area contributed by atoms with Gasteiger partial charge in [-0.3, -0.25) is 0 Å². The van der Waals surface area contributed by atoms with Gasteiger partial charge in [0.25, 0.3) is 0 Å². The van der Waals surface area contributed by atoms with E-state index in [1.165, 1.54) is 5.56 Å². The highest BCUT2D eigenvalue weighted by Crippen LogP contribution is 2.33. The summed E-state index contributed by atoms with van der Waals surface area (Å²) >= 11 is 0. The van der Waals surface area contributed by atoms with E-state index in [1.54, 1.807) is 0 Å².